The van der Waals surface area contributed by atoms with Crippen molar-refractivity contribution in [2.45, 2.75) is 163 Å². The van der Waals surface area contributed by atoms with Crippen LogP contribution in [0.1, 0.15) is 134 Å². The van der Waals surface area contributed by atoms with Gasteiger partial charge in [-0.2, -0.15) is 167 Å². The molecule has 2 saturated carbocycles. The van der Waals surface area contributed by atoms with Gasteiger partial charge in [0.25, 0.3) is 10.6 Å². The Kier molecular flexibility index (Phi) is 27.1. The highest BCUT2D eigenvalue weighted by molar-refractivity contribution is 7.98. The smallest absolute Gasteiger partial charge is 0.208 e. The van der Waals surface area contributed by atoms with Gasteiger partial charge in [-0.15, -0.1) is 0 Å². The molecule has 3 aliphatic rings. The van der Waals surface area contributed by atoms with Crippen LogP contribution in [0.3, 0.4) is 0 Å². The van der Waals surface area contributed by atoms with Crippen LogP contribution in [0.5, 0.6) is 0 Å². The van der Waals surface area contributed by atoms with Crippen molar-refractivity contribution < 1.29 is 176 Å². The molecular formula is C91H80F36N4P4+8. The van der Waals surface area contributed by atoms with Crippen LogP contribution in [0, 0.1) is 5.92 Å². The first-order valence-electron chi connectivity index (χ1n) is 40.9. The van der Waals surface area contributed by atoms with E-state index >= 15 is 158 Å². The number of alkyl halides is 36. The molecule has 13 rings (SSSR count). The number of nitrogens with zero attached hydrogens (tertiary/aromatic N) is 4. The number of fused-ring (bicyclic) bond motifs is 1. The molecule has 0 amide bonds. The number of hydrogen-bond acceptors (Lipinski definition) is 0. The molecule has 135 heavy (non-hydrogen) atoms. The van der Waals surface area contributed by atoms with Crippen LogP contribution >= 0.6 is 29.0 Å². The van der Waals surface area contributed by atoms with E-state index in [4.69, 9.17) is 0 Å². The standard InChI is InChI=1S/C64H36F36N2P2.C27H44N2P2/c1-51(103(45-17-33(53(65,66)67)11-34(18-45)54(68,69)70,46-19-35(55(71,72)73)12-36(20-46)56(74,75)76)47-21-37(57(77,78)79)13-38(22-47)58(80,81)82)29-52(30-51,102-9-5-32(6-10-102)31-3-7-101(2)8-4-31)104(48-23-39(59(83,84)85)14-40(24-48)60(86,87)88,49-25-41(61(89,90)91)15-42(26-49)62(92,93)94)50-27-43(63(95,96)97)16-44(28-50)64(98,99)100;1-8-30(9-2,10-3)27(22-26(6)25(27)21-31(26,11-4)12-5)29-19-15-24(16-20-29)23-13-17-28(7)18-14-23/h3-28H,29-30H2,1-2H3;13-20,25H,8-12,21-22H2,1-7H3/q2*+4. The molecule has 0 radical (unpaired) electrons. The number of aryl methyl sites for hydroxylation is 2. The van der Waals surface area contributed by atoms with Crippen molar-refractivity contribution in [3.8, 4) is 22.3 Å². The molecule has 3 unspecified atom stereocenters. The van der Waals surface area contributed by atoms with Crippen molar-refractivity contribution in [3.63, 3.8) is 0 Å². The molecule has 5 heterocycles. The number of rotatable bonds is 18. The van der Waals surface area contributed by atoms with E-state index in [0.717, 1.165) is 5.92 Å². The highest BCUT2D eigenvalue weighted by Gasteiger charge is 2.92. The summed E-state index contributed by atoms with van der Waals surface area (Å²) >= 11 is 0. The normalized spacial score (nSPS) is 20.2. The SMILES string of the molecule is CC[P+]1(CC)CC2C1(C)CC2([n+]1ccc(-c2cc[n+](C)cc2)cc1)[P+](CC)(CC)CC.C[n+]1ccc(-c2cc[n+](C3([P+](c4cc(C(F)(F)F)cc(C(F)(F)F)c4)(c4cc(C(F)(F)F)cc(C(F)(F)F)c4)c4cc(C(F)(F)F)cc(C(F)(F)F)c4)CC(C)([P+](c4cc(C(F)(F)F)cc(C(F)(F)F)c4)(c4cc(C(F)(F)F)cc(C(F)(F)F)c4)c4cc(C(F)(F)F)cc(C(F)(F)F)c4)C3)cc2)cc1. The molecular weight excluding hydrogens is 1960 g/mol. The predicted molar refractivity (Wildman–Crippen MR) is 438 cm³/mol. The third-order valence-electron chi connectivity index (χ3n) is 27.1. The lowest BCUT2D eigenvalue weighted by atomic mass is 9.68. The quantitative estimate of drug-likeness (QED) is 0.0462. The van der Waals surface area contributed by atoms with E-state index in [2.05, 4.69) is 107 Å². The number of benzene rings is 6. The summed E-state index contributed by atoms with van der Waals surface area (Å²) in [6.07, 6.45) is -59.9. The van der Waals surface area contributed by atoms with Gasteiger partial charge in [0.2, 0.25) is 0 Å². The number of aromatic nitrogens is 4. The lowest BCUT2D eigenvalue weighted by Gasteiger charge is -2.69. The first-order chi connectivity index (χ1) is 61.6. The molecule has 1 saturated heterocycles. The fraction of sp³-hybridized carbons (Fsp3) is 0.385. The van der Waals surface area contributed by atoms with Crippen molar-refractivity contribution in [1.29, 1.82) is 0 Å². The average Bonchev–Trinajstić information content (AvgIpc) is 0.643. The fourth-order valence-electron chi connectivity index (χ4n) is 20.6. The van der Waals surface area contributed by atoms with Crippen molar-refractivity contribution in [3.05, 3.63) is 274 Å². The molecule has 4 nitrogen and oxygen atoms in total. The zero-order valence-electron chi connectivity index (χ0n) is 71.8. The lowest BCUT2D eigenvalue weighted by Crippen LogP contribution is -2.82. The van der Waals surface area contributed by atoms with E-state index in [-0.39, 0.29) is 22.6 Å². The van der Waals surface area contributed by atoms with Gasteiger partial charge in [0.05, 0.1) is 130 Å². The van der Waals surface area contributed by atoms with Crippen molar-refractivity contribution >= 4 is 60.9 Å². The largest absolute Gasteiger partial charge is 0.416 e. The van der Waals surface area contributed by atoms with Crippen LogP contribution in [-0.4, -0.2) is 47.3 Å². The Balaban J connectivity index is 0.000000442. The Hall–Kier alpha value is -8.88. The van der Waals surface area contributed by atoms with Gasteiger partial charge < -0.3 is 0 Å². The first-order valence-corrected chi connectivity index (χ1v) is 49.1. The Morgan fingerprint density at radius 3 is 0.644 bits per heavy atom. The number of pyridine rings is 4. The van der Waals surface area contributed by atoms with E-state index in [1.165, 1.54) is 84.5 Å². The Morgan fingerprint density at radius 1 is 0.274 bits per heavy atom. The van der Waals surface area contributed by atoms with Crippen molar-refractivity contribution in [1.82, 2.24) is 0 Å². The van der Waals surface area contributed by atoms with Gasteiger partial charge in [0.1, 0.15) is 69.4 Å². The Bertz CT molecular complexity index is 5480. The van der Waals surface area contributed by atoms with Crippen LogP contribution in [-0.2, 0) is 98.8 Å². The first kappa shape index (κ1) is 105. The molecule has 10 aromatic rings. The van der Waals surface area contributed by atoms with Crippen LogP contribution in [0.15, 0.2) is 207 Å². The van der Waals surface area contributed by atoms with Crippen LogP contribution in [0.25, 0.3) is 22.3 Å². The second kappa shape index (κ2) is 34.9. The molecule has 2 aliphatic carbocycles. The van der Waals surface area contributed by atoms with E-state index in [1.807, 2.05) is 0 Å². The average molecular weight is 2040 g/mol. The summed E-state index contributed by atoms with van der Waals surface area (Å²) in [6, 6.07) is -1.21. The zero-order chi connectivity index (χ0) is 101. The highest BCUT2D eigenvalue weighted by Crippen LogP contribution is 2.95. The van der Waals surface area contributed by atoms with E-state index in [0.29, 0.717) is 35.0 Å². The van der Waals surface area contributed by atoms with Crippen molar-refractivity contribution in [2.24, 2.45) is 20.0 Å². The molecule has 0 N–H and O–H groups in total. The van der Waals surface area contributed by atoms with Gasteiger partial charge in [-0.05, 0) is 180 Å². The minimum Gasteiger partial charge on any atom is -0.208 e. The van der Waals surface area contributed by atoms with Gasteiger partial charge >= 0.3 is 74.1 Å². The van der Waals surface area contributed by atoms with Crippen LogP contribution in [0.4, 0.5) is 158 Å². The monoisotopic (exact) mass is 2040 g/mol. The van der Waals surface area contributed by atoms with Gasteiger partial charge in [-0.25, -0.2) is 9.13 Å². The number of hydrogen-bond donors (Lipinski definition) is 0. The van der Waals surface area contributed by atoms with Gasteiger partial charge in [0.15, 0.2) is 56.8 Å². The summed E-state index contributed by atoms with van der Waals surface area (Å²) in [5, 5.41) is -20.9. The summed E-state index contributed by atoms with van der Waals surface area (Å²) in [6.45, 7) is 15.3. The second-order valence-electron chi connectivity index (χ2n) is 34.3. The summed E-state index contributed by atoms with van der Waals surface area (Å²) in [7, 11) is -12.9. The Labute approximate surface area is 750 Å². The maximum absolute atomic E-state index is 15.7. The summed E-state index contributed by atoms with van der Waals surface area (Å²) in [5.74, 6) is 0.896. The van der Waals surface area contributed by atoms with Crippen LogP contribution in [0.2, 0.25) is 0 Å². The third-order valence-corrected chi connectivity index (χ3v) is 49.1. The molecule has 4 aromatic heterocycles. The van der Waals surface area contributed by atoms with E-state index in [1.54, 1.807) is 6.16 Å². The minimum atomic E-state index is -7.33. The van der Waals surface area contributed by atoms with Gasteiger partial charge in [-0.1, -0.05) is 0 Å². The topological polar surface area (TPSA) is 15.5 Å². The molecule has 0 bridgehead atoms. The summed E-state index contributed by atoms with van der Waals surface area (Å²) < 4.78 is 567. The fourth-order valence-corrected chi connectivity index (χ4v) is 43.8. The van der Waals surface area contributed by atoms with Gasteiger partial charge in [-0.3, -0.25) is 0 Å². The van der Waals surface area contributed by atoms with Crippen LogP contribution < -0.4 is 50.1 Å². The second-order valence-corrected chi connectivity index (χ2v) is 51.9. The third kappa shape index (κ3) is 18.9. The maximum Gasteiger partial charge on any atom is 0.416 e. The molecule has 0 spiro atoms. The predicted octanol–water partition coefficient (Wildman–Crippen LogP) is 26.9. The molecule has 728 valence electrons. The Morgan fingerprint density at radius 2 is 0.467 bits per heavy atom. The van der Waals surface area contributed by atoms with E-state index < -0.39 is 334 Å². The molecule has 6 aromatic carbocycles. The van der Waals surface area contributed by atoms with Gasteiger partial charge in [0, 0.05) is 55.8 Å². The molecule has 44 heteroatoms. The van der Waals surface area contributed by atoms with Crippen molar-refractivity contribution in [2.75, 3.05) is 37.0 Å². The zero-order valence-corrected chi connectivity index (χ0v) is 75.3. The summed E-state index contributed by atoms with van der Waals surface area (Å²) in [5.41, 5.74) is -31.9. The number of halogens is 36. The minimum absolute atomic E-state index is 0.0816. The molecule has 1 aliphatic heterocycles. The summed E-state index contributed by atoms with van der Waals surface area (Å²) in [4.78, 5) is 0. The molecule has 3 atom stereocenters. The molecule has 3 fully saturated rings. The lowest BCUT2D eigenvalue weighted by molar-refractivity contribution is -0.763. The van der Waals surface area contributed by atoms with E-state index in [9.17, 15) is 0 Å². The highest BCUT2D eigenvalue weighted by atomic mass is 31.2. The maximum atomic E-state index is 15.7.